The maximum atomic E-state index is 13.7. The Morgan fingerprint density at radius 3 is 2.87 bits per heavy atom. The first-order valence-electron chi connectivity index (χ1n) is 6.52. The molecule has 0 atom stereocenters. The second-order valence-electron chi connectivity index (χ2n) is 4.67. The Morgan fingerprint density at radius 2 is 2.26 bits per heavy atom. The van der Waals surface area contributed by atoms with Gasteiger partial charge in [-0.3, -0.25) is 4.79 Å². The molecule has 6 nitrogen and oxygen atoms in total. The molecule has 0 aromatic heterocycles. The maximum absolute atomic E-state index is 13.7. The van der Waals surface area contributed by atoms with Crippen molar-refractivity contribution in [2.24, 2.45) is 0 Å². The van der Waals surface area contributed by atoms with Crippen molar-refractivity contribution >= 4 is 45.1 Å². The summed E-state index contributed by atoms with van der Waals surface area (Å²) in [5.41, 5.74) is 0.183. The van der Waals surface area contributed by atoms with E-state index in [0.717, 1.165) is 6.07 Å². The Morgan fingerprint density at radius 1 is 1.57 bits per heavy atom. The number of hydrogen-bond donors (Lipinski definition) is 2. The van der Waals surface area contributed by atoms with Crippen LogP contribution in [0.25, 0.3) is 0 Å². The Bertz CT molecular complexity index is 696. The predicted molar refractivity (Wildman–Crippen MR) is 85.4 cm³/mol. The monoisotopic (exact) mass is 406 g/mol. The molecule has 2 rings (SSSR count). The molecule has 0 aliphatic carbocycles. The largest absolute Gasteiger partial charge is 0.466 e. The molecular formula is C14H13BrClFN2O4. The van der Waals surface area contributed by atoms with Gasteiger partial charge in [0.25, 0.3) is 5.91 Å². The van der Waals surface area contributed by atoms with Gasteiger partial charge in [0.2, 0.25) is 0 Å². The summed E-state index contributed by atoms with van der Waals surface area (Å²) in [5.74, 6) is -1.76. The van der Waals surface area contributed by atoms with E-state index in [-0.39, 0.29) is 46.1 Å². The Balaban J connectivity index is 2.39. The first-order valence-corrected chi connectivity index (χ1v) is 7.69. The van der Waals surface area contributed by atoms with Crippen molar-refractivity contribution in [2.45, 2.75) is 0 Å². The van der Waals surface area contributed by atoms with E-state index >= 15 is 0 Å². The number of aliphatic hydroxyl groups excluding tert-OH is 1. The number of halogens is 3. The standard InChI is InChI=1S/C14H13BrClFN2O4/c1-23-14(22)7-6-19(2-3-20)13(21)12(7)18-11-5-10(17)8(15)4-9(11)16/h4-5,18,20H,2-3,6H2,1H3. The molecule has 1 amide bonds. The van der Waals surface area contributed by atoms with Crippen LogP contribution < -0.4 is 5.32 Å². The molecule has 1 aromatic carbocycles. The van der Waals surface area contributed by atoms with Crippen molar-refractivity contribution in [3.63, 3.8) is 0 Å². The Labute approximate surface area is 145 Å². The second kappa shape index (κ2) is 7.29. The molecule has 1 aromatic rings. The average molecular weight is 408 g/mol. The van der Waals surface area contributed by atoms with Crippen LogP contribution in [0.3, 0.4) is 0 Å². The number of nitrogens with one attached hydrogen (secondary N) is 1. The number of β-amino-alcohol motifs (C(OH)–C–C–N with tert-alkyl or cyclic N) is 1. The first-order chi connectivity index (χ1) is 10.9. The number of carbonyl (C=O) groups is 2. The summed E-state index contributed by atoms with van der Waals surface area (Å²) < 4.78 is 18.5. The van der Waals surface area contributed by atoms with Gasteiger partial charge in [0.05, 0.1) is 41.0 Å². The van der Waals surface area contributed by atoms with Crippen LogP contribution >= 0.6 is 27.5 Å². The smallest absolute Gasteiger partial charge is 0.337 e. The highest BCUT2D eigenvalue weighted by atomic mass is 79.9. The van der Waals surface area contributed by atoms with E-state index in [0.29, 0.717) is 0 Å². The zero-order chi connectivity index (χ0) is 17.1. The van der Waals surface area contributed by atoms with Crippen molar-refractivity contribution in [1.29, 1.82) is 0 Å². The number of anilines is 1. The van der Waals surface area contributed by atoms with Gasteiger partial charge in [0, 0.05) is 12.6 Å². The summed E-state index contributed by atoms with van der Waals surface area (Å²) >= 11 is 9.03. The molecule has 1 aliphatic heterocycles. The lowest BCUT2D eigenvalue weighted by atomic mass is 10.2. The summed E-state index contributed by atoms with van der Waals surface area (Å²) in [6, 6.07) is 2.44. The van der Waals surface area contributed by atoms with Gasteiger partial charge < -0.3 is 20.1 Å². The number of ether oxygens (including phenoxy) is 1. The molecule has 124 valence electrons. The van der Waals surface area contributed by atoms with Gasteiger partial charge in [-0.15, -0.1) is 0 Å². The maximum Gasteiger partial charge on any atom is 0.337 e. The fourth-order valence-electron chi connectivity index (χ4n) is 2.10. The minimum absolute atomic E-state index is 0.00890. The highest BCUT2D eigenvalue weighted by Gasteiger charge is 2.34. The number of aliphatic hydroxyl groups is 1. The fraction of sp³-hybridized carbons (Fsp3) is 0.286. The molecule has 2 N–H and O–H groups in total. The van der Waals surface area contributed by atoms with Gasteiger partial charge in [0.15, 0.2) is 0 Å². The molecule has 1 aliphatic rings. The van der Waals surface area contributed by atoms with Crippen molar-refractivity contribution in [3.8, 4) is 0 Å². The van der Waals surface area contributed by atoms with E-state index in [1.807, 2.05) is 0 Å². The van der Waals surface area contributed by atoms with Crippen molar-refractivity contribution < 1.29 is 23.8 Å². The highest BCUT2D eigenvalue weighted by Crippen LogP contribution is 2.31. The van der Waals surface area contributed by atoms with Crippen LogP contribution in [0.5, 0.6) is 0 Å². The molecule has 0 saturated heterocycles. The topological polar surface area (TPSA) is 78.9 Å². The third kappa shape index (κ3) is 3.65. The first kappa shape index (κ1) is 17.7. The Kier molecular flexibility index (Phi) is 5.61. The highest BCUT2D eigenvalue weighted by molar-refractivity contribution is 9.10. The van der Waals surface area contributed by atoms with Gasteiger partial charge in [-0.25, -0.2) is 9.18 Å². The molecular weight excluding hydrogens is 395 g/mol. The number of hydrogen-bond acceptors (Lipinski definition) is 5. The number of rotatable bonds is 5. The molecule has 0 spiro atoms. The molecule has 0 unspecified atom stereocenters. The SMILES string of the molecule is COC(=O)C1=C(Nc2cc(F)c(Br)cc2Cl)C(=O)N(CCO)C1. The van der Waals surface area contributed by atoms with Gasteiger partial charge in [-0.2, -0.15) is 0 Å². The molecule has 9 heteroatoms. The third-order valence-corrected chi connectivity index (χ3v) is 4.14. The average Bonchev–Trinajstić information content (AvgIpc) is 2.81. The van der Waals surface area contributed by atoms with Crippen molar-refractivity contribution in [2.75, 3.05) is 32.1 Å². The van der Waals surface area contributed by atoms with Crippen LogP contribution in [0.1, 0.15) is 0 Å². The molecule has 0 bridgehead atoms. The normalized spacial score (nSPS) is 14.5. The van der Waals surface area contributed by atoms with Gasteiger partial charge >= 0.3 is 5.97 Å². The number of carbonyl (C=O) groups excluding carboxylic acids is 2. The van der Waals surface area contributed by atoms with Crippen LogP contribution in [0, 0.1) is 5.82 Å². The number of amides is 1. The third-order valence-electron chi connectivity index (χ3n) is 3.22. The number of methoxy groups -OCH3 is 1. The summed E-state index contributed by atoms with van der Waals surface area (Å²) in [4.78, 5) is 25.4. The lowest BCUT2D eigenvalue weighted by molar-refractivity contribution is -0.136. The number of nitrogens with zero attached hydrogens (tertiary/aromatic N) is 1. The summed E-state index contributed by atoms with van der Waals surface area (Å²) in [6.07, 6.45) is 0. The number of esters is 1. The zero-order valence-electron chi connectivity index (χ0n) is 12.0. The van der Waals surface area contributed by atoms with Crippen molar-refractivity contribution in [3.05, 3.63) is 38.7 Å². The quantitative estimate of drug-likeness (QED) is 0.576. The predicted octanol–water partition coefficient (Wildman–Crippen LogP) is 1.92. The van der Waals surface area contributed by atoms with E-state index in [1.54, 1.807) is 0 Å². The van der Waals surface area contributed by atoms with E-state index in [1.165, 1.54) is 18.1 Å². The molecule has 0 fully saturated rings. The van der Waals surface area contributed by atoms with Crippen molar-refractivity contribution in [1.82, 2.24) is 4.90 Å². The fourth-order valence-corrected chi connectivity index (χ4v) is 2.79. The lowest BCUT2D eigenvalue weighted by Gasteiger charge is -2.15. The number of benzene rings is 1. The molecule has 0 saturated carbocycles. The van der Waals surface area contributed by atoms with E-state index in [4.69, 9.17) is 16.7 Å². The summed E-state index contributed by atoms with van der Waals surface area (Å²) in [5, 5.41) is 11.9. The van der Waals surface area contributed by atoms with Crippen LogP contribution in [0.4, 0.5) is 10.1 Å². The van der Waals surface area contributed by atoms with Gasteiger partial charge in [0.1, 0.15) is 11.5 Å². The van der Waals surface area contributed by atoms with Crippen LogP contribution in [-0.2, 0) is 14.3 Å². The van der Waals surface area contributed by atoms with Crippen LogP contribution in [0.15, 0.2) is 27.9 Å². The molecule has 0 radical (unpaired) electrons. The molecule has 1 heterocycles. The zero-order valence-corrected chi connectivity index (χ0v) is 14.4. The minimum Gasteiger partial charge on any atom is -0.466 e. The van der Waals surface area contributed by atoms with Crippen LogP contribution in [-0.4, -0.2) is 48.7 Å². The van der Waals surface area contributed by atoms with E-state index < -0.39 is 17.7 Å². The van der Waals surface area contributed by atoms with E-state index in [2.05, 4.69) is 26.0 Å². The summed E-state index contributed by atoms with van der Waals surface area (Å²) in [6.45, 7) is -0.195. The van der Waals surface area contributed by atoms with Crippen LogP contribution in [0.2, 0.25) is 5.02 Å². The lowest BCUT2D eigenvalue weighted by Crippen LogP contribution is -2.31. The van der Waals surface area contributed by atoms with Gasteiger partial charge in [-0.05, 0) is 22.0 Å². The Hall–Kier alpha value is -1.64. The summed E-state index contributed by atoms with van der Waals surface area (Å²) in [7, 11) is 1.19. The second-order valence-corrected chi connectivity index (χ2v) is 5.93. The molecule has 23 heavy (non-hydrogen) atoms. The minimum atomic E-state index is -0.685. The van der Waals surface area contributed by atoms with Gasteiger partial charge in [-0.1, -0.05) is 11.6 Å². The van der Waals surface area contributed by atoms with E-state index in [9.17, 15) is 14.0 Å².